The van der Waals surface area contributed by atoms with Gasteiger partial charge in [-0.3, -0.25) is 4.79 Å². The van der Waals surface area contributed by atoms with E-state index in [0.29, 0.717) is 5.92 Å². The monoisotopic (exact) mass is 254 g/mol. The fourth-order valence-electron chi connectivity index (χ4n) is 2.28. The smallest absolute Gasteiger partial charge is 0.314 e. The molecule has 1 aliphatic rings. The van der Waals surface area contributed by atoms with E-state index >= 15 is 0 Å². The van der Waals surface area contributed by atoms with Gasteiger partial charge in [0, 0.05) is 18.2 Å². The van der Waals surface area contributed by atoms with E-state index in [0.717, 1.165) is 43.9 Å². The van der Waals surface area contributed by atoms with Gasteiger partial charge < -0.3 is 4.74 Å². The molecular weight excluding hydrogens is 238 g/mol. The van der Waals surface area contributed by atoms with Crippen molar-refractivity contribution in [1.82, 2.24) is 0 Å². The lowest BCUT2D eigenvalue weighted by Gasteiger charge is -2.24. The Hall–Kier alpha value is -1.45. The van der Waals surface area contributed by atoms with E-state index < -0.39 is 11.6 Å². The van der Waals surface area contributed by atoms with Crippen LogP contribution in [0.1, 0.15) is 32.6 Å². The van der Waals surface area contributed by atoms with E-state index in [4.69, 9.17) is 4.74 Å². The zero-order valence-corrected chi connectivity index (χ0v) is 10.3. The third-order valence-corrected chi connectivity index (χ3v) is 3.40. The van der Waals surface area contributed by atoms with E-state index in [1.54, 1.807) is 0 Å². The number of halogens is 2. The molecule has 1 aliphatic carbocycles. The summed E-state index contributed by atoms with van der Waals surface area (Å²) in [5.41, 5.74) is 0. The molecule has 1 aromatic rings. The number of benzene rings is 1. The Kier molecular flexibility index (Phi) is 3.94. The first-order chi connectivity index (χ1) is 8.54. The fraction of sp³-hybridized carbons (Fsp3) is 0.500. The second-order valence-corrected chi connectivity index (χ2v) is 4.98. The summed E-state index contributed by atoms with van der Waals surface area (Å²) in [6, 6.07) is 2.79. The number of carbonyl (C=O) groups is 1. The van der Waals surface area contributed by atoms with Gasteiger partial charge in [0.1, 0.15) is 17.4 Å². The van der Waals surface area contributed by atoms with Gasteiger partial charge in [0.15, 0.2) is 0 Å². The zero-order chi connectivity index (χ0) is 13.1. The van der Waals surface area contributed by atoms with Gasteiger partial charge in [-0.05, 0) is 31.6 Å². The van der Waals surface area contributed by atoms with Crippen molar-refractivity contribution in [2.75, 3.05) is 0 Å². The standard InChI is InChI=1S/C14H16F2O2/c1-9-2-4-10(5-3-9)14(17)18-13-7-11(15)6-12(16)8-13/h6-10H,2-5H2,1H3. The summed E-state index contributed by atoms with van der Waals surface area (Å²) in [5, 5.41) is 0. The summed E-state index contributed by atoms with van der Waals surface area (Å²) >= 11 is 0. The highest BCUT2D eigenvalue weighted by molar-refractivity contribution is 5.75. The summed E-state index contributed by atoms with van der Waals surface area (Å²) in [5.74, 6) is -1.43. The average molecular weight is 254 g/mol. The molecule has 1 fully saturated rings. The molecule has 1 saturated carbocycles. The molecule has 0 bridgehead atoms. The maximum absolute atomic E-state index is 12.9. The predicted molar refractivity (Wildman–Crippen MR) is 63.1 cm³/mol. The maximum atomic E-state index is 12.9. The van der Waals surface area contributed by atoms with Crippen molar-refractivity contribution in [1.29, 1.82) is 0 Å². The normalized spacial score (nSPS) is 23.7. The van der Waals surface area contributed by atoms with Crippen molar-refractivity contribution in [3.63, 3.8) is 0 Å². The molecule has 2 rings (SSSR count). The highest BCUT2D eigenvalue weighted by atomic mass is 19.1. The second kappa shape index (κ2) is 5.46. The molecule has 0 radical (unpaired) electrons. The van der Waals surface area contributed by atoms with Crippen LogP contribution in [0.4, 0.5) is 8.78 Å². The lowest BCUT2D eigenvalue weighted by Crippen LogP contribution is -2.25. The molecule has 0 atom stereocenters. The van der Waals surface area contributed by atoms with Gasteiger partial charge in [0.05, 0.1) is 5.92 Å². The minimum absolute atomic E-state index is 0.0591. The van der Waals surface area contributed by atoms with Crippen LogP contribution in [0, 0.1) is 23.5 Å². The molecule has 0 aliphatic heterocycles. The highest BCUT2D eigenvalue weighted by Crippen LogP contribution is 2.29. The van der Waals surface area contributed by atoms with Gasteiger partial charge in [0.25, 0.3) is 0 Å². The lowest BCUT2D eigenvalue weighted by atomic mass is 9.83. The number of carbonyl (C=O) groups excluding carboxylic acids is 1. The largest absolute Gasteiger partial charge is 0.426 e. The summed E-state index contributed by atoms with van der Waals surface area (Å²) in [4.78, 5) is 11.8. The van der Waals surface area contributed by atoms with Crippen LogP contribution in [0.2, 0.25) is 0 Å². The second-order valence-electron chi connectivity index (χ2n) is 4.98. The first-order valence-corrected chi connectivity index (χ1v) is 6.22. The molecule has 4 heteroatoms. The maximum Gasteiger partial charge on any atom is 0.314 e. The minimum atomic E-state index is -0.741. The molecule has 0 spiro atoms. The Morgan fingerprint density at radius 3 is 2.22 bits per heavy atom. The molecule has 18 heavy (non-hydrogen) atoms. The third kappa shape index (κ3) is 3.28. The Balaban J connectivity index is 1.98. The van der Waals surface area contributed by atoms with E-state index in [-0.39, 0.29) is 17.6 Å². The van der Waals surface area contributed by atoms with Crippen molar-refractivity contribution in [2.45, 2.75) is 32.6 Å². The molecule has 1 aromatic carbocycles. The van der Waals surface area contributed by atoms with Crippen LogP contribution >= 0.6 is 0 Å². The summed E-state index contributed by atoms with van der Waals surface area (Å²) < 4.78 is 30.9. The van der Waals surface area contributed by atoms with Gasteiger partial charge in [-0.15, -0.1) is 0 Å². The first-order valence-electron chi connectivity index (χ1n) is 6.22. The number of hydrogen-bond acceptors (Lipinski definition) is 2. The number of rotatable bonds is 2. The van der Waals surface area contributed by atoms with E-state index in [2.05, 4.69) is 6.92 Å². The van der Waals surface area contributed by atoms with E-state index in [1.807, 2.05) is 0 Å². The zero-order valence-electron chi connectivity index (χ0n) is 10.3. The van der Waals surface area contributed by atoms with Gasteiger partial charge in [-0.2, -0.15) is 0 Å². The van der Waals surface area contributed by atoms with Crippen LogP contribution in [0.25, 0.3) is 0 Å². The SMILES string of the molecule is CC1CCC(C(=O)Oc2cc(F)cc(F)c2)CC1. The molecular formula is C14H16F2O2. The van der Waals surface area contributed by atoms with Crippen LogP contribution in [-0.4, -0.2) is 5.97 Å². The summed E-state index contributed by atoms with van der Waals surface area (Å²) in [6.45, 7) is 2.16. The highest BCUT2D eigenvalue weighted by Gasteiger charge is 2.26. The third-order valence-electron chi connectivity index (χ3n) is 3.40. The van der Waals surface area contributed by atoms with Gasteiger partial charge in [0.2, 0.25) is 0 Å². The molecule has 2 nitrogen and oxygen atoms in total. The summed E-state index contributed by atoms with van der Waals surface area (Å²) in [6.07, 6.45) is 3.57. The lowest BCUT2D eigenvalue weighted by molar-refractivity contribution is -0.140. The van der Waals surface area contributed by atoms with Crippen LogP contribution in [0.3, 0.4) is 0 Å². The van der Waals surface area contributed by atoms with Crippen LogP contribution in [0.5, 0.6) is 5.75 Å². The van der Waals surface area contributed by atoms with Crippen molar-refractivity contribution >= 4 is 5.97 Å². The molecule has 0 unspecified atom stereocenters. The number of hydrogen-bond donors (Lipinski definition) is 0. The van der Waals surface area contributed by atoms with Gasteiger partial charge in [-0.25, -0.2) is 8.78 Å². The molecule has 0 aromatic heterocycles. The Morgan fingerprint density at radius 2 is 1.67 bits per heavy atom. The Morgan fingerprint density at radius 1 is 1.11 bits per heavy atom. The predicted octanol–water partition coefficient (Wildman–Crippen LogP) is 3.70. The topological polar surface area (TPSA) is 26.3 Å². The van der Waals surface area contributed by atoms with Crippen molar-refractivity contribution < 1.29 is 18.3 Å². The number of esters is 1. The van der Waals surface area contributed by atoms with Crippen molar-refractivity contribution in [3.05, 3.63) is 29.8 Å². The van der Waals surface area contributed by atoms with Gasteiger partial charge >= 0.3 is 5.97 Å². The fourth-order valence-corrected chi connectivity index (χ4v) is 2.28. The van der Waals surface area contributed by atoms with Crippen molar-refractivity contribution in [3.8, 4) is 5.75 Å². The Labute approximate surface area is 105 Å². The van der Waals surface area contributed by atoms with Crippen LogP contribution in [-0.2, 0) is 4.79 Å². The molecule has 0 amide bonds. The summed E-state index contributed by atoms with van der Waals surface area (Å²) in [7, 11) is 0. The average Bonchev–Trinajstić information content (AvgIpc) is 2.28. The van der Waals surface area contributed by atoms with Crippen LogP contribution in [0.15, 0.2) is 18.2 Å². The molecule has 0 saturated heterocycles. The van der Waals surface area contributed by atoms with E-state index in [1.165, 1.54) is 0 Å². The molecule has 98 valence electrons. The van der Waals surface area contributed by atoms with Crippen LogP contribution < -0.4 is 4.74 Å². The first kappa shape index (κ1) is 13.0. The van der Waals surface area contributed by atoms with Gasteiger partial charge in [-0.1, -0.05) is 6.92 Å². The van der Waals surface area contributed by atoms with Crippen molar-refractivity contribution in [2.24, 2.45) is 11.8 Å². The Bertz CT molecular complexity index is 417. The quantitative estimate of drug-likeness (QED) is 0.594. The van der Waals surface area contributed by atoms with E-state index in [9.17, 15) is 13.6 Å². The minimum Gasteiger partial charge on any atom is -0.426 e. The molecule has 0 heterocycles. The molecule has 0 N–H and O–H groups in total. The number of ether oxygens (including phenoxy) is 1.